The number of aromatic nitrogens is 2. The van der Waals surface area contributed by atoms with Gasteiger partial charge < -0.3 is 15.4 Å². The number of pyridine rings is 2. The monoisotopic (exact) mass is 452 g/mol. The molecule has 1 aromatic carbocycles. The molecule has 0 unspecified atom stereocenters. The number of fused-ring (bicyclic) bond motifs is 1. The second-order valence-corrected chi connectivity index (χ2v) is 7.67. The lowest BCUT2D eigenvalue weighted by Gasteiger charge is -2.26. The van der Waals surface area contributed by atoms with Crippen LogP contribution in [0.25, 0.3) is 10.9 Å². The quantitative estimate of drug-likeness (QED) is 0.588. The van der Waals surface area contributed by atoms with Crippen LogP contribution in [0.1, 0.15) is 5.56 Å². The minimum absolute atomic E-state index is 0.492. The summed E-state index contributed by atoms with van der Waals surface area (Å²) in [5.74, 6) is 0.765. The molecule has 3 heterocycles. The van der Waals surface area contributed by atoms with Crippen molar-refractivity contribution < 1.29 is 4.74 Å². The minimum atomic E-state index is 0.492. The first-order valence-electron chi connectivity index (χ1n) is 9.48. The number of ether oxygens (including phenoxy) is 1. The second-order valence-electron chi connectivity index (χ2n) is 6.76. The third-order valence-corrected chi connectivity index (χ3v) is 5.35. The van der Waals surface area contributed by atoms with Gasteiger partial charge in [0.25, 0.3) is 0 Å². The number of hydrogen-bond acceptors (Lipinski definition) is 7. The highest BCUT2D eigenvalue weighted by molar-refractivity contribution is 9.10. The number of hydrogen-bond donors (Lipinski definition) is 2. The Hall–Kier alpha value is -2.73. The van der Waals surface area contributed by atoms with Crippen molar-refractivity contribution in [3.8, 4) is 6.07 Å². The summed E-state index contributed by atoms with van der Waals surface area (Å²) in [5, 5.41) is 17.2. The molecule has 0 aliphatic carbocycles. The third kappa shape index (κ3) is 4.82. The maximum atomic E-state index is 9.57. The van der Waals surface area contributed by atoms with Crippen LogP contribution in [0.4, 0.5) is 17.2 Å². The predicted octanol–water partition coefficient (Wildman–Crippen LogP) is 3.75. The van der Waals surface area contributed by atoms with Crippen molar-refractivity contribution in [1.82, 2.24) is 14.9 Å². The van der Waals surface area contributed by atoms with Crippen molar-refractivity contribution in [2.75, 3.05) is 50.0 Å². The maximum Gasteiger partial charge on any atom is 0.126 e. The van der Waals surface area contributed by atoms with Gasteiger partial charge >= 0.3 is 0 Å². The van der Waals surface area contributed by atoms with E-state index in [-0.39, 0.29) is 0 Å². The Morgan fingerprint density at radius 1 is 1.14 bits per heavy atom. The van der Waals surface area contributed by atoms with Crippen molar-refractivity contribution in [2.24, 2.45) is 0 Å². The molecule has 2 aromatic heterocycles. The van der Waals surface area contributed by atoms with E-state index in [2.05, 4.69) is 47.5 Å². The van der Waals surface area contributed by atoms with Gasteiger partial charge in [-0.25, -0.2) is 4.98 Å². The van der Waals surface area contributed by atoms with Gasteiger partial charge in [0.15, 0.2) is 0 Å². The van der Waals surface area contributed by atoms with Crippen molar-refractivity contribution in [1.29, 1.82) is 5.26 Å². The van der Waals surface area contributed by atoms with E-state index < -0.39 is 0 Å². The van der Waals surface area contributed by atoms with Crippen LogP contribution in [-0.2, 0) is 4.74 Å². The molecule has 8 heteroatoms. The average molecular weight is 453 g/mol. The molecule has 1 saturated heterocycles. The summed E-state index contributed by atoms with van der Waals surface area (Å²) in [5.41, 5.74) is 2.86. The van der Waals surface area contributed by atoms with Gasteiger partial charge in [-0.15, -0.1) is 0 Å². The molecule has 1 aliphatic rings. The first kappa shape index (κ1) is 19.6. The number of benzene rings is 1. The van der Waals surface area contributed by atoms with Crippen LogP contribution in [0.15, 0.2) is 47.2 Å². The molecule has 3 aromatic rings. The fraction of sp³-hybridized carbons (Fsp3) is 0.286. The Kier molecular flexibility index (Phi) is 6.20. The molecule has 148 valence electrons. The number of nitriles is 1. The topological polar surface area (TPSA) is 86.1 Å². The van der Waals surface area contributed by atoms with E-state index in [1.165, 1.54) is 0 Å². The van der Waals surface area contributed by atoms with Crippen LogP contribution in [0.5, 0.6) is 0 Å². The molecule has 2 N–H and O–H groups in total. The number of anilines is 3. The Labute approximate surface area is 177 Å². The Bertz CT molecular complexity index is 1030. The number of nitrogens with zero attached hydrogens (tertiary/aromatic N) is 4. The van der Waals surface area contributed by atoms with Gasteiger partial charge in [-0.2, -0.15) is 5.26 Å². The van der Waals surface area contributed by atoms with Crippen molar-refractivity contribution >= 4 is 44.0 Å². The molecule has 0 atom stereocenters. The normalized spacial score (nSPS) is 14.5. The van der Waals surface area contributed by atoms with Crippen LogP contribution in [0.2, 0.25) is 0 Å². The number of halogens is 1. The molecule has 1 aliphatic heterocycles. The first-order chi connectivity index (χ1) is 14.2. The molecule has 0 saturated carbocycles. The van der Waals surface area contributed by atoms with Gasteiger partial charge in [-0.1, -0.05) is 15.9 Å². The fourth-order valence-electron chi connectivity index (χ4n) is 3.26. The Morgan fingerprint density at radius 2 is 1.93 bits per heavy atom. The van der Waals surface area contributed by atoms with Crippen molar-refractivity contribution in [3.05, 3.63) is 52.8 Å². The van der Waals surface area contributed by atoms with E-state index in [0.717, 1.165) is 72.0 Å². The lowest BCUT2D eigenvalue weighted by molar-refractivity contribution is 0.0398. The summed E-state index contributed by atoms with van der Waals surface area (Å²) in [6.45, 7) is 5.24. The third-order valence-electron chi connectivity index (χ3n) is 4.83. The standard InChI is InChI=1S/C21H21BrN6O/c22-16-1-3-17(4-2-16)27-21-15(12-23)13-25-19-14-26-20(11-18(19)21)24-5-6-28-7-9-29-10-8-28/h1-4,11,13-14H,5-10H2,(H,24,26)(H,25,27). The molecule has 0 radical (unpaired) electrons. The van der Waals surface area contributed by atoms with E-state index in [1.54, 1.807) is 12.4 Å². The summed E-state index contributed by atoms with van der Waals surface area (Å²) in [4.78, 5) is 11.2. The largest absolute Gasteiger partial charge is 0.379 e. The molecule has 0 spiro atoms. The summed E-state index contributed by atoms with van der Waals surface area (Å²) < 4.78 is 6.38. The molecule has 7 nitrogen and oxygen atoms in total. The van der Waals surface area contributed by atoms with Crippen LogP contribution < -0.4 is 10.6 Å². The van der Waals surface area contributed by atoms with Gasteiger partial charge in [0, 0.05) is 47.9 Å². The van der Waals surface area contributed by atoms with Crippen molar-refractivity contribution in [3.63, 3.8) is 0 Å². The lowest BCUT2D eigenvalue weighted by atomic mass is 10.1. The molecular formula is C21H21BrN6O. The number of nitrogens with one attached hydrogen (secondary N) is 2. The zero-order valence-electron chi connectivity index (χ0n) is 15.9. The maximum absolute atomic E-state index is 9.57. The predicted molar refractivity (Wildman–Crippen MR) is 117 cm³/mol. The first-order valence-corrected chi connectivity index (χ1v) is 10.3. The average Bonchev–Trinajstić information content (AvgIpc) is 2.76. The molecular weight excluding hydrogens is 432 g/mol. The van der Waals surface area contributed by atoms with E-state index in [4.69, 9.17) is 4.74 Å². The van der Waals surface area contributed by atoms with Crippen LogP contribution in [0.3, 0.4) is 0 Å². The minimum Gasteiger partial charge on any atom is -0.379 e. The number of rotatable bonds is 6. The molecule has 4 rings (SSSR count). The SMILES string of the molecule is N#Cc1cnc2cnc(NCCN3CCOCC3)cc2c1Nc1ccc(Br)cc1. The Balaban J connectivity index is 1.56. The van der Waals surface area contributed by atoms with E-state index in [1.807, 2.05) is 30.3 Å². The van der Waals surface area contributed by atoms with Gasteiger partial charge in [0.1, 0.15) is 11.9 Å². The molecule has 1 fully saturated rings. The highest BCUT2D eigenvalue weighted by Gasteiger charge is 2.12. The lowest BCUT2D eigenvalue weighted by Crippen LogP contribution is -2.39. The zero-order chi connectivity index (χ0) is 20.1. The molecule has 29 heavy (non-hydrogen) atoms. The van der Waals surface area contributed by atoms with E-state index in [9.17, 15) is 5.26 Å². The van der Waals surface area contributed by atoms with Gasteiger partial charge in [0.2, 0.25) is 0 Å². The molecule has 0 amide bonds. The van der Waals surface area contributed by atoms with E-state index >= 15 is 0 Å². The van der Waals surface area contributed by atoms with E-state index in [0.29, 0.717) is 5.56 Å². The van der Waals surface area contributed by atoms with Crippen LogP contribution >= 0.6 is 15.9 Å². The fourth-order valence-corrected chi connectivity index (χ4v) is 3.52. The second kappa shape index (κ2) is 9.18. The molecule has 0 bridgehead atoms. The zero-order valence-corrected chi connectivity index (χ0v) is 17.4. The van der Waals surface area contributed by atoms with Gasteiger partial charge in [-0.05, 0) is 30.3 Å². The summed E-state index contributed by atoms with van der Waals surface area (Å²) >= 11 is 3.44. The smallest absolute Gasteiger partial charge is 0.126 e. The summed E-state index contributed by atoms with van der Waals surface area (Å²) in [6, 6.07) is 12.0. The van der Waals surface area contributed by atoms with Crippen LogP contribution in [0, 0.1) is 11.3 Å². The Morgan fingerprint density at radius 3 is 2.69 bits per heavy atom. The summed E-state index contributed by atoms with van der Waals surface area (Å²) in [7, 11) is 0. The van der Waals surface area contributed by atoms with Gasteiger partial charge in [0.05, 0.1) is 36.2 Å². The highest BCUT2D eigenvalue weighted by atomic mass is 79.9. The summed E-state index contributed by atoms with van der Waals surface area (Å²) in [6.07, 6.45) is 3.32. The number of morpholine rings is 1. The van der Waals surface area contributed by atoms with Crippen LogP contribution in [-0.4, -0.2) is 54.3 Å². The van der Waals surface area contributed by atoms with Crippen molar-refractivity contribution in [2.45, 2.75) is 0 Å². The van der Waals surface area contributed by atoms with Gasteiger partial charge in [-0.3, -0.25) is 9.88 Å². The highest BCUT2D eigenvalue weighted by Crippen LogP contribution is 2.30.